The molecule has 3 nitrogen and oxygen atoms in total. The molecule has 1 aromatic rings. The van der Waals surface area contributed by atoms with Crippen molar-refractivity contribution in [3.05, 3.63) is 23.9 Å². The van der Waals surface area contributed by atoms with Crippen molar-refractivity contribution in [3.8, 4) is 0 Å². The molecule has 0 aromatic carbocycles. The molecule has 0 radical (unpaired) electrons. The first-order valence-electron chi connectivity index (χ1n) is 6.54. The SMILES string of the molecule is CCC1CCCC(O)(Cc2ccnc(N)c2)C1. The summed E-state index contributed by atoms with van der Waals surface area (Å²) in [6.45, 7) is 2.21. The first-order chi connectivity index (χ1) is 8.11. The zero-order valence-corrected chi connectivity index (χ0v) is 10.5. The van der Waals surface area contributed by atoms with Crippen molar-refractivity contribution in [1.82, 2.24) is 4.98 Å². The quantitative estimate of drug-likeness (QED) is 0.845. The van der Waals surface area contributed by atoms with Gasteiger partial charge in [0.15, 0.2) is 0 Å². The predicted octanol–water partition coefficient (Wildman–Crippen LogP) is 2.54. The number of hydrogen-bond acceptors (Lipinski definition) is 3. The van der Waals surface area contributed by atoms with Gasteiger partial charge in [-0.2, -0.15) is 0 Å². The second-order valence-corrected chi connectivity index (χ2v) is 5.36. The van der Waals surface area contributed by atoms with Crippen molar-refractivity contribution < 1.29 is 5.11 Å². The van der Waals surface area contributed by atoms with Gasteiger partial charge < -0.3 is 10.8 Å². The maximum absolute atomic E-state index is 10.7. The van der Waals surface area contributed by atoms with E-state index in [2.05, 4.69) is 11.9 Å². The number of aliphatic hydroxyl groups is 1. The Morgan fingerprint density at radius 3 is 3.12 bits per heavy atom. The fourth-order valence-electron chi connectivity index (χ4n) is 2.95. The average molecular weight is 234 g/mol. The molecule has 0 saturated heterocycles. The van der Waals surface area contributed by atoms with Crippen LogP contribution >= 0.6 is 0 Å². The summed E-state index contributed by atoms with van der Waals surface area (Å²) < 4.78 is 0. The van der Waals surface area contributed by atoms with Crippen LogP contribution in [-0.4, -0.2) is 15.7 Å². The molecule has 17 heavy (non-hydrogen) atoms. The van der Waals surface area contributed by atoms with Crippen molar-refractivity contribution in [2.75, 3.05) is 5.73 Å². The smallest absolute Gasteiger partial charge is 0.123 e. The van der Waals surface area contributed by atoms with Gasteiger partial charge in [0.1, 0.15) is 5.82 Å². The first kappa shape index (κ1) is 12.4. The molecule has 2 atom stereocenters. The molecule has 94 valence electrons. The van der Waals surface area contributed by atoms with Gasteiger partial charge in [-0.05, 0) is 36.5 Å². The molecule has 0 amide bonds. The number of nitrogens with zero attached hydrogens (tertiary/aromatic N) is 1. The fourth-order valence-corrected chi connectivity index (χ4v) is 2.95. The van der Waals surface area contributed by atoms with Gasteiger partial charge in [-0.25, -0.2) is 4.98 Å². The van der Waals surface area contributed by atoms with E-state index in [1.807, 2.05) is 12.1 Å². The third-order valence-corrected chi connectivity index (χ3v) is 3.88. The van der Waals surface area contributed by atoms with Gasteiger partial charge in [0.2, 0.25) is 0 Å². The topological polar surface area (TPSA) is 59.1 Å². The minimum Gasteiger partial charge on any atom is -0.390 e. The molecule has 3 heteroatoms. The van der Waals surface area contributed by atoms with Crippen molar-refractivity contribution >= 4 is 5.82 Å². The second-order valence-electron chi connectivity index (χ2n) is 5.36. The summed E-state index contributed by atoms with van der Waals surface area (Å²) in [7, 11) is 0. The Morgan fingerprint density at radius 2 is 2.41 bits per heavy atom. The van der Waals surface area contributed by atoms with Gasteiger partial charge in [-0.1, -0.05) is 26.2 Å². The molecule has 1 aliphatic carbocycles. The van der Waals surface area contributed by atoms with Crippen LogP contribution in [0, 0.1) is 5.92 Å². The van der Waals surface area contributed by atoms with E-state index in [9.17, 15) is 5.11 Å². The van der Waals surface area contributed by atoms with Gasteiger partial charge in [-0.15, -0.1) is 0 Å². The molecule has 0 aliphatic heterocycles. The summed E-state index contributed by atoms with van der Waals surface area (Å²) in [6, 6.07) is 3.82. The van der Waals surface area contributed by atoms with Crippen LogP contribution in [0.15, 0.2) is 18.3 Å². The third kappa shape index (κ3) is 3.19. The standard InChI is InChI=1S/C14H22N2O/c1-2-11-4-3-6-14(17,9-11)10-12-5-7-16-13(15)8-12/h5,7-8,11,17H,2-4,6,9-10H2,1H3,(H2,15,16). The molecular formula is C14H22N2O. The lowest BCUT2D eigenvalue weighted by atomic mass is 9.74. The highest BCUT2D eigenvalue weighted by molar-refractivity contribution is 5.32. The highest BCUT2D eigenvalue weighted by atomic mass is 16.3. The van der Waals surface area contributed by atoms with E-state index in [4.69, 9.17) is 5.73 Å². The highest BCUT2D eigenvalue weighted by Gasteiger charge is 2.33. The van der Waals surface area contributed by atoms with Crippen LogP contribution in [0.4, 0.5) is 5.82 Å². The van der Waals surface area contributed by atoms with Gasteiger partial charge in [-0.3, -0.25) is 0 Å². The third-order valence-electron chi connectivity index (χ3n) is 3.88. The van der Waals surface area contributed by atoms with Crippen molar-refractivity contribution in [1.29, 1.82) is 0 Å². The maximum Gasteiger partial charge on any atom is 0.123 e. The first-order valence-corrected chi connectivity index (χ1v) is 6.54. The van der Waals surface area contributed by atoms with E-state index in [0.717, 1.165) is 24.8 Å². The lowest BCUT2D eigenvalue weighted by Crippen LogP contribution is -2.37. The largest absolute Gasteiger partial charge is 0.390 e. The van der Waals surface area contributed by atoms with Crippen LogP contribution in [0.2, 0.25) is 0 Å². The van der Waals surface area contributed by atoms with Gasteiger partial charge in [0.25, 0.3) is 0 Å². The number of nitrogens with two attached hydrogens (primary N) is 1. The van der Waals surface area contributed by atoms with Crippen LogP contribution in [0.3, 0.4) is 0 Å². The molecular weight excluding hydrogens is 212 g/mol. The van der Waals surface area contributed by atoms with Crippen LogP contribution < -0.4 is 5.73 Å². The Balaban J connectivity index is 2.06. The van der Waals surface area contributed by atoms with Crippen molar-refractivity contribution in [3.63, 3.8) is 0 Å². The molecule has 1 saturated carbocycles. The Kier molecular flexibility index (Phi) is 3.67. The molecule has 2 rings (SSSR count). The lowest BCUT2D eigenvalue weighted by Gasteiger charge is -2.36. The van der Waals surface area contributed by atoms with Crippen molar-refractivity contribution in [2.45, 2.75) is 51.0 Å². The molecule has 1 fully saturated rings. The number of anilines is 1. The van der Waals surface area contributed by atoms with E-state index in [0.29, 0.717) is 18.2 Å². The monoisotopic (exact) mass is 234 g/mol. The fraction of sp³-hybridized carbons (Fsp3) is 0.643. The normalized spacial score (nSPS) is 29.2. The summed E-state index contributed by atoms with van der Waals surface area (Å²) in [5.74, 6) is 1.21. The van der Waals surface area contributed by atoms with Crippen LogP contribution in [0.25, 0.3) is 0 Å². The molecule has 1 heterocycles. The van der Waals surface area contributed by atoms with Crippen LogP contribution in [0.1, 0.15) is 44.6 Å². The zero-order valence-electron chi connectivity index (χ0n) is 10.5. The van der Waals surface area contributed by atoms with E-state index in [-0.39, 0.29) is 0 Å². The molecule has 3 N–H and O–H groups in total. The van der Waals surface area contributed by atoms with E-state index >= 15 is 0 Å². The highest BCUT2D eigenvalue weighted by Crippen LogP contribution is 2.36. The van der Waals surface area contributed by atoms with Crippen molar-refractivity contribution in [2.24, 2.45) is 5.92 Å². The van der Waals surface area contributed by atoms with Gasteiger partial charge in [0.05, 0.1) is 5.60 Å². The summed E-state index contributed by atoms with van der Waals surface area (Å²) in [6.07, 6.45) is 7.81. The van der Waals surface area contributed by atoms with E-state index in [1.165, 1.54) is 12.8 Å². The molecule has 2 unspecified atom stereocenters. The maximum atomic E-state index is 10.7. The van der Waals surface area contributed by atoms with Gasteiger partial charge in [0, 0.05) is 12.6 Å². The number of aromatic nitrogens is 1. The summed E-state index contributed by atoms with van der Waals surface area (Å²) >= 11 is 0. The number of pyridine rings is 1. The van der Waals surface area contributed by atoms with E-state index < -0.39 is 5.60 Å². The molecule has 0 bridgehead atoms. The molecule has 0 spiro atoms. The molecule has 1 aliphatic rings. The van der Waals surface area contributed by atoms with Crippen LogP contribution in [0.5, 0.6) is 0 Å². The minimum absolute atomic E-state index is 0.535. The number of hydrogen-bond donors (Lipinski definition) is 2. The number of nitrogen functional groups attached to an aromatic ring is 1. The summed E-state index contributed by atoms with van der Waals surface area (Å²) in [4.78, 5) is 3.98. The van der Waals surface area contributed by atoms with Crippen LogP contribution in [-0.2, 0) is 6.42 Å². The summed E-state index contributed by atoms with van der Waals surface area (Å²) in [5, 5.41) is 10.7. The average Bonchev–Trinajstić information content (AvgIpc) is 2.28. The Bertz CT molecular complexity index is 380. The molecule has 1 aromatic heterocycles. The lowest BCUT2D eigenvalue weighted by molar-refractivity contribution is -0.0161. The Labute approximate surface area is 103 Å². The minimum atomic E-state index is -0.535. The number of rotatable bonds is 3. The second kappa shape index (κ2) is 5.05. The Hall–Kier alpha value is -1.09. The summed E-state index contributed by atoms with van der Waals surface area (Å²) in [5.41, 5.74) is 6.23. The van der Waals surface area contributed by atoms with E-state index in [1.54, 1.807) is 6.20 Å². The Morgan fingerprint density at radius 1 is 1.59 bits per heavy atom. The zero-order chi connectivity index (χ0) is 12.3. The van der Waals surface area contributed by atoms with Gasteiger partial charge >= 0.3 is 0 Å². The predicted molar refractivity (Wildman–Crippen MR) is 69.6 cm³/mol.